The van der Waals surface area contributed by atoms with E-state index in [1.807, 2.05) is 47.0 Å². The zero-order valence-electron chi connectivity index (χ0n) is 12.1. The van der Waals surface area contributed by atoms with Gasteiger partial charge in [-0.1, -0.05) is 30.3 Å². The lowest BCUT2D eigenvalue weighted by Gasteiger charge is -2.04. The summed E-state index contributed by atoms with van der Waals surface area (Å²) in [6, 6.07) is 18.2. The summed E-state index contributed by atoms with van der Waals surface area (Å²) in [4.78, 5) is 6.73. The number of benzene rings is 2. The van der Waals surface area contributed by atoms with Crippen LogP contribution in [-0.2, 0) is 5.75 Å². The smallest absolute Gasteiger partial charge is 0.271 e. The molecule has 0 saturated heterocycles. The zero-order valence-corrected chi connectivity index (χ0v) is 13.7. The summed E-state index contributed by atoms with van der Waals surface area (Å²) in [6.45, 7) is 0. The number of aromatic nitrogens is 5. The molecule has 2 aromatic carbocycles. The number of nitrogens with one attached hydrogen (secondary N) is 3. The Kier molecular flexibility index (Phi) is 3.72. The number of H-pyrrole nitrogens is 3. The molecular formula is C16H14N5S2+. The van der Waals surface area contributed by atoms with Crippen LogP contribution < -0.4 is 4.98 Å². The van der Waals surface area contributed by atoms with Crippen LogP contribution in [-0.4, -0.2) is 19.7 Å². The highest BCUT2D eigenvalue weighted by Crippen LogP contribution is 2.21. The van der Waals surface area contributed by atoms with Crippen molar-refractivity contribution in [1.82, 2.24) is 19.7 Å². The molecule has 23 heavy (non-hydrogen) atoms. The van der Waals surface area contributed by atoms with E-state index in [4.69, 9.17) is 12.2 Å². The Morgan fingerprint density at radius 3 is 2.70 bits per heavy atom. The molecule has 0 aliphatic heterocycles. The van der Waals surface area contributed by atoms with E-state index in [2.05, 4.69) is 32.3 Å². The van der Waals surface area contributed by atoms with Gasteiger partial charge in [0.1, 0.15) is 5.82 Å². The Balaban J connectivity index is 1.61. The van der Waals surface area contributed by atoms with E-state index in [-0.39, 0.29) is 0 Å². The van der Waals surface area contributed by atoms with Crippen LogP contribution in [0.5, 0.6) is 0 Å². The number of para-hydroxylation sites is 3. The number of nitrogens with zero attached hydrogens (tertiary/aromatic N) is 2. The molecule has 0 radical (unpaired) electrons. The number of fused-ring (bicyclic) bond motifs is 1. The standard InChI is InChI=1S/C16H13N5S2/c22-16-20-19-14(21(16)11-6-2-1-3-7-11)10-23-15-17-12-8-4-5-9-13(12)18-15/h1-9H,10H2,(H,17,18)(H,20,22)/p+1. The van der Waals surface area contributed by atoms with E-state index in [0.717, 1.165) is 27.7 Å². The first-order valence-electron chi connectivity index (χ1n) is 7.16. The molecule has 0 bridgehead atoms. The molecule has 5 nitrogen and oxygen atoms in total. The normalized spacial score (nSPS) is 11.1. The largest absolute Gasteiger partial charge is 0.314 e. The molecule has 0 aliphatic carbocycles. The van der Waals surface area contributed by atoms with Gasteiger partial charge in [0.25, 0.3) is 0 Å². The molecule has 2 aromatic heterocycles. The van der Waals surface area contributed by atoms with Gasteiger partial charge in [0.15, 0.2) is 15.8 Å². The van der Waals surface area contributed by atoms with Crippen LogP contribution in [0.15, 0.2) is 59.8 Å². The molecular weight excluding hydrogens is 326 g/mol. The molecule has 0 unspecified atom stereocenters. The maximum Gasteiger partial charge on any atom is 0.314 e. The van der Waals surface area contributed by atoms with Crippen LogP contribution in [0, 0.1) is 4.77 Å². The molecule has 7 heteroatoms. The molecule has 114 valence electrons. The van der Waals surface area contributed by atoms with Gasteiger partial charge in [-0.15, -0.1) is 0 Å². The Hall–Kier alpha value is -2.38. The van der Waals surface area contributed by atoms with Crippen molar-refractivity contribution >= 4 is 35.0 Å². The molecule has 4 aromatic rings. The third-order valence-corrected chi connectivity index (χ3v) is 4.69. The SMILES string of the molecule is S=c1[nH]nc(CSc2[nH]c3ccccc3[nH+]2)n1-c1ccccc1. The van der Waals surface area contributed by atoms with E-state index >= 15 is 0 Å². The lowest BCUT2D eigenvalue weighted by Crippen LogP contribution is -2.04. The lowest BCUT2D eigenvalue weighted by molar-refractivity contribution is -0.396. The summed E-state index contributed by atoms with van der Waals surface area (Å²) >= 11 is 7.02. The lowest BCUT2D eigenvalue weighted by atomic mass is 10.3. The predicted molar refractivity (Wildman–Crippen MR) is 93.2 cm³/mol. The third kappa shape index (κ3) is 2.80. The summed E-state index contributed by atoms with van der Waals surface area (Å²) < 4.78 is 2.57. The number of imidazole rings is 1. The van der Waals surface area contributed by atoms with Gasteiger partial charge < -0.3 is 0 Å². The molecule has 0 fully saturated rings. The van der Waals surface area contributed by atoms with Crippen LogP contribution in [0.4, 0.5) is 0 Å². The first kappa shape index (κ1) is 14.2. The predicted octanol–water partition coefficient (Wildman–Crippen LogP) is 3.52. The molecule has 0 aliphatic rings. The monoisotopic (exact) mass is 340 g/mol. The molecule has 0 spiro atoms. The van der Waals surface area contributed by atoms with E-state index in [1.54, 1.807) is 11.8 Å². The van der Waals surface area contributed by atoms with E-state index < -0.39 is 0 Å². The highest BCUT2D eigenvalue weighted by atomic mass is 32.2. The summed E-state index contributed by atoms with van der Waals surface area (Å²) in [5, 5.41) is 8.24. The molecule has 0 amide bonds. The maximum absolute atomic E-state index is 5.36. The number of rotatable bonds is 4. The van der Waals surface area contributed by atoms with Gasteiger partial charge in [0, 0.05) is 5.69 Å². The number of thioether (sulfide) groups is 1. The van der Waals surface area contributed by atoms with Crippen LogP contribution in [0.25, 0.3) is 16.7 Å². The van der Waals surface area contributed by atoms with Crippen molar-refractivity contribution < 1.29 is 4.98 Å². The van der Waals surface area contributed by atoms with E-state index in [9.17, 15) is 0 Å². The first-order chi connectivity index (χ1) is 11.3. The molecule has 0 saturated carbocycles. The summed E-state index contributed by atoms with van der Waals surface area (Å²) in [5.74, 6) is 1.59. The van der Waals surface area contributed by atoms with Crippen LogP contribution >= 0.6 is 24.0 Å². The highest BCUT2D eigenvalue weighted by Gasteiger charge is 2.13. The molecule has 4 rings (SSSR count). The van der Waals surface area contributed by atoms with Gasteiger partial charge in [-0.05, 0) is 48.2 Å². The maximum atomic E-state index is 5.36. The van der Waals surface area contributed by atoms with Gasteiger partial charge in [-0.25, -0.2) is 9.97 Å². The quantitative estimate of drug-likeness (QED) is 0.441. The summed E-state index contributed by atoms with van der Waals surface area (Å²) in [6.07, 6.45) is 0. The summed E-state index contributed by atoms with van der Waals surface area (Å²) in [7, 11) is 0. The average molecular weight is 340 g/mol. The van der Waals surface area contributed by atoms with E-state index in [0.29, 0.717) is 10.5 Å². The average Bonchev–Trinajstić information content (AvgIpc) is 3.16. The summed E-state index contributed by atoms with van der Waals surface area (Å²) in [5.41, 5.74) is 3.20. The second-order valence-corrected chi connectivity index (χ2v) is 6.40. The van der Waals surface area contributed by atoms with Crippen molar-refractivity contribution in [2.75, 3.05) is 0 Å². The first-order valence-corrected chi connectivity index (χ1v) is 8.55. The second kappa shape index (κ2) is 6.02. The fraction of sp³-hybridized carbons (Fsp3) is 0.0625. The zero-order chi connectivity index (χ0) is 15.6. The fourth-order valence-corrected chi connectivity index (χ4v) is 3.54. The van der Waals surface area contributed by atoms with Crippen molar-refractivity contribution in [2.24, 2.45) is 0 Å². The number of hydrogen-bond donors (Lipinski definition) is 2. The van der Waals surface area contributed by atoms with Crippen molar-refractivity contribution in [2.45, 2.75) is 10.9 Å². The minimum Gasteiger partial charge on any atom is -0.271 e. The minimum absolute atomic E-state index is 0.604. The number of aromatic amines is 3. The van der Waals surface area contributed by atoms with Crippen molar-refractivity contribution in [3.05, 3.63) is 65.2 Å². The van der Waals surface area contributed by atoms with Gasteiger partial charge in [0.05, 0.1) is 5.75 Å². The van der Waals surface area contributed by atoms with Gasteiger partial charge in [-0.2, -0.15) is 5.10 Å². The van der Waals surface area contributed by atoms with Gasteiger partial charge in [-0.3, -0.25) is 9.67 Å². The van der Waals surface area contributed by atoms with Crippen LogP contribution in [0.2, 0.25) is 0 Å². The number of hydrogen-bond acceptors (Lipinski definition) is 3. The van der Waals surface area contributed by atoms with Crippen LogP contribution in [0.3, 0.4) is 0 Å². The minimum atomic E-state index is 0.604. The Bertz CT molecular complexity index is 967. The Morgan fingerprint density at radius 1 is 1.09 bits per heavy atom. The topological polar surface area (TPSA) is 63.5 Å². The van der Waals surface area contributed by atoms with Gasteiger partial charge >= 0.3 is 5.16 Å². The molecule has 2 heterocycles. The third-order valence-electron chi connectivity index (χ3n) is 3.53. The van der Waals surface area contributed by atoms with Gasteiger partial charge in [0.2, 0.25) is 0 Å². The molecule has 3 N–H and O–H groups in total. The Morgan fingerprint density at radius 2 is 1.87 bits per heavy atom. The van der Waals surface area contributed by atoms with Crippen molar-refractivity contribution in [1.29, 1.82) is 0 Å². The fourth-order valence-electron chi connectivity index (χ4n) is 2.46. The van der Waals surface area contributed by atoms with Crippen molar-refractivity contribution in [3.63, 3.8) is 0 Å². The molecule has 0 atom stereocenters. The highest BCUT2D eigenvalue weighted by molar-refractivity contribution is 7.98. The van der Waals surface area contributed by atoms with Crippen LogP contribution in [0.1, 0.15) is 5.82 Å². The second-order valence-electron chi connectivity index (χ2n) is 5.03. The Labute approximate surface area is 141 Å². The van der Waals surface area contributed by atoms with E-state index in [1.165, 1.54) is 0 Å². The van der Waals surface area contributed by atoms with Crippen molar-refractivity contribution in [3.8, 4) is 5.69 Å².